The normalized spacial score (nSPS) is 21.3. The number of rotatable bonds is 0. The van der Waals surface area contributed by atoms with Gasteiger partial charge in [0.05, 0.1) is 12.7 Å². The molecule has 0 spiro atoms. The summed E-state index contributed by atoms with van der Waals surface area (Å²) < 4.78 is 6.37. The SMILES string of the molecule is OC1CCOc2cc(Br)ccc21. The van der Waals surface area contributed by atoms with E-state index < -0.39 is 0 Å². The average Bonchev–Trinajstić information content (AvgIpc) is 2.04. The molecule has 1 N–H and O–H groups in total. The first-order valence-electron chi connectivity index (χ1n) is 3.87. The smallest absolute Gasteiger partial charge is 0.126 e. The van der Waals surface area contributed by atoms with Crippen molar-refractivity contribution in [2.45, 2.75) is 12.5 Å². The highest BCUT2D eigenvalue weighted by atomic mass is 79.9. The molecule has 0 saturated heterocycles. The molecule has 0 aromatic heterocycles. The van der Waals surface area contributed by atoms with Crippen LogP contribution in [0.3, 0.4) is 0 Å². The minimum Gasteiger partial charge on any atom is -0.493 e. The zero-order valence-corrected chi connectivity index (χ0v) is 8.04. The van der Waals surface area contributed by atoms with Gasteiger partial charge in [0.25, 0.3) is 0 Å². The van der Waals surface area contributed by atoms with Crippen LogP contribution in [-0.2, 0) is 0 Å². The van der Waals surface area contributed by atoms with Gasteiger partial charge in [-0.25, -0.2) is 0 Å². The van der Waals surface area contributed by atoms with E-state index in [1.165, 1.54) is 0 Å². The van der Waals surface area contributed by atoms with Gasteiger partial charge in [-0.1, -0.05) is 22.0 Å². The van der Waals surface area contributed by atoms with Gasteiger partial charge in [0.1, 0.15) is 5.75 Å². The fourth-order valence-electron chi connectivity index (χ4n) is 1.34. The molecule has 0 amide bonds. The summed E-state index contributed by atoms with van der Waals surface area (Å²) in [6.45, 7) is 0.602. The zero-order valence-electron chi connectivity index (χ0n) is 6.46. The van der Waals surface area contributed by atoms with Gasteiger partial charge < -0.3 is 9.84 Å². The van der Waals surface area contributed by atoms with Crippen molar-refractivity contribution in [2.75, 3.05) is 6.61 Å². The van der Waals surface area contributed by atoms with E-state index in [0.717, 1.165) is 15.8 Å². The van der Waals surface area contributed by atoms with Crippen molar-refractivity contribution in [3.63, 3.8) is 0 Å². The molecule has 1 unspecified atom stereocenters. The van der Waals surface area contributed by atoms with E-state index in [2.05, 4.69) is 15.9 Å². The molecule has 1 aromatic carbocycles. The Labute approximate surface area is 79.3 Å². The lowest BCUT2D eigenvalue weighted by atomic mass is 10.0. The molecule has 2 nitrogen and oxygen atoms in total. The first-order valence-corrected chi connectivity index (χ1v) is 4.67. The molecule has 12 heavy (non-hydrogen) atoms. The number of aliphatic hydroxyl groups is 1. The fourth-order valence-corrected chi connectivity index (χ4v) is 1.68. The molecular formula is C9H9BrO2. The Morgan fingerprint density at radius 2 is 2.33 bits per heavy atom. The summed E-state index contributed by atoms with van der Waals surface area (Å²) in [5.41, 5.74) is 0.893. The monoisotopic (exact) mass is 228 g/mol. The lowest BCUT2D eigenvalue weighted by molar-refractivity contribution is 0.115. The number of fused-ring (bicyclic) bond motifs is 1. The van der Waals surface area contributed by atoms with Crippen LogP contribution < -0.4 is 4.74 Å². The van der Waals surface area contributed by atoms with E-state index in [1.54, 1.807) is 0 Å². The van der Waals surface area contributed by atoms with Crippen LogP contribution in [0.2, 0.25) is 0 Å². The highest BCUT2D eigenvalue weighted by molar-refractivity contribution is 9.10. The summed E-state index contributed by atoms with van der Waals surface area (Å²) in [6, 6.07) is 5.69. The zero-order chi connectivity index (χ0) is 8.55. The number of hydrogen-bond acceptors (Lipinski definition) is 2. The molecule has 0 aliphatic carbocycles. The average molecular weight is 229 g/mol. The minimum atomic E-state index is -0.359. The second-order valence-electron chi connectivity index (χ2n) is 2.84. The van der Waals surface area contributed by atoms with Gasteiger partial charge in [-0.05, 0) is 12.1 Å². The predicted molar refractivity (Wildman–Crippen MR) is 49.2 cm³/mol. The van der Waals surface area contributed by atoms with Crippen LogP contribution >= 0.6 is 15.9 Å². The Kier molecular flexibility index (Phi) is 2.07. The van der Waals surface area contributed by atoms with E-state index >= 15 is 0 Å². The van der Waals surface area contributed by atoms with Crippen molar-refractivity contribution >= 4 is 15.9 Å². The largest absolute Gasteiger partial charge is 0.493 e. The standard InChI is InChI=1S/C9H9BrO2/c10-6-1-2-7-8(11)3-4-12-9(7)5-6/h1-2,5,8,11H,3-4H2. The Balaban J connectivity index is 2.46. The third-order valence-electron chi connectivity index (χ3n) is 1.98. The van der Waals surface area contributed by atoms with Crippen LogP contribution in [0.5, 0.6) is 5.75 Å². The topological polar surface area (TPSA) is 29.5 Å². The van der Waals surface area contributed by atoms with E-state index in [1.807, 2.05) is 18.2 Å². The molecule has 0 fully saturated rings. The second-order valence-corrected chi connectivity index (χ2v) is 3.75. The van der Waals surface area contributed by atoms with Gasteiger partial charge >= 0.3 is 0 Å². The van der Waals surface area contributed by atoms with Gasteiger partial charge in [-0.3, -0.25) is 0 Å². The highest BCUT2D eigenvalue weighted by Gasteiger charge is 2.18. The van der Waals surface area contributed by atoms with E-state index in [-0.39, 0.29) is 6.10 Å². The molecule has 0 saturated carbocycles. The Hall–Kier alpha value is -0.540. The molecule has 1 aliphatic heterocycles. The van der Waals surface area contributed by atoms with Crippen LogP contribution in [0.15, 0.2) is 22.7 Å². The Bertz CT molecular complexity index is 299. The first-order chi connectivity index (χ1) is 5.77. The van der Waals surface area contributed by atoms with Gasteiger partial charge in [0.15, 0.2) is 0 Å². The predicted octanol–water partition coefficient (Wildman–Crippen LogP) is 2.26. The lowest BCUT2D eigenvalue weighted by Gasteiger charge is -2.21. The summed E-state index contributed by atoms with van der Waals surface area (Å²) in [6.07, 6.45) is 0.330. The van der Waals surface area contributed by atoms with Crippen molar-refractivity contribution < 1.29 is 9.84 Å². The van der Waals surface area contributed by atoms with Gasteiger partial charge in [-0.15, -0.1) is 0 Å². The number of benzene rings is 1. The van der Waals surface area contributed by atoms with Crippen molar-refractivity contribution in [3.05, 3.63) is 28.2 Å². The van der Waals surface area contributed by atoms with Gasteiger partial charge in [0.2, 0.25) is 0 Å². The summed E-state index contributed by atoms with van der Waals surface area (Å²) in [5.74, 6) is 0.795. The first kappa shape index (κ1) is 8.08. The second kappa shape index (κ2) is 3.07. The van der Waals surface area contributed by atoms with Crippen LogP contribution in [0.4, 0.5) is 0 Å². The molecule has 1 aromatic rings. The van der Waals surface area contributed by atoms with Crippen molar-refractivity contribution in [2.24, 2.45) is 0 Å². The van der Waals surface area contributed by atoms with Crippen LogP contribution in [0, 0.1) is 0 Å². The van der Waals surface area contributed by atoms with Gasteiger partial charge in [0, 0.05) is 16.5 Å². The molecule has 0 bridgehead atoms. The third-order valence-corrected chi connectivity index (χ3v) is 2.48. The van der Waals surface area contributed by atoms with E-state index in [0.29, 0.717) is 13.0 Å². The lowest BCUT2D eigenvalue weighted by Crippen LogP contribution is -2.13. The molecule has 0 radical (unpaired) electrons. The maximum atomic E-state index is 9.56. The Morgan fingerprint density at radius 1 is 1.50 bits per heavy atom. The third kappa shape index (κ3) is 1.34. The van der Waals surface area contributed by atoms with Crippen LogP contribution in [0.1, 0.15) is 18.1 Å². The van der Waals surface area contributed by atoms with E-state index in [4.69, 9.17) is 4.74 Å². The molecular weight excluding hydrogens is 220 g/mol. The quantitative estimate of drug-likeness (QED) is 0.739. The molecule has 1 heterocycles. The summed E-state index contributed by atoms with van der Waals surface area (Å²) >= 11 is 3.35. The maximum absolute atomic E-state index is 9.56. The van der Waals surface area contributed by atoms with Crippen molar-refractivity contribution in [1.29, 1.82) is 0 Å². The van der Waals surface area contributed by atoms with Crippen LogP contribution in [-0.4, -0.2) is 11.7 Å². The van der Waals surface area contributed by atoms with E-state index in [9.17, 15) is 5.11 Å². The molecule has 1 atom stereocenters. The van der Waals surface area contributed by atoms with Crippen molar-refractivity contribution in [1.82, 2.24) is 0 Å². The molecule has 1 aliphatic rings. The van der Waals surface area contributed by atoms with Crippen LogP contribution in [0.25, 0.3) is 0 Å². The number of halogens is 1. The van der Waals surface area contributed by atoms with Gasteiger partial charge in [-0.2, -0.15) is 0 Å². The highest BCUT2D eigenvalue weighted by Crippen LogP contribution is 2.33. The number of ether oxygens (including phenoxy) is 1. The molecule has 64 valence electrons. The minimum absolute atomic E-state index is 0.359. The summed E-state index contributed by atoms with van der Waals surface area (Å²) in [5, 5.41) is 9.56. The maximum Gasteiger partial charge on any atom is 0.126 e. The fraction of sp³-hybridized carbons (Fsp3) is 0.333. The number of hydrogen-bond donors (Lipinski definition) is 1. The Morgan fingerprint density at radius 3 is 3.17 bits per heavy atom. The number of aliphatic hydroxyl groups excluding tert-OH is 1. The molecule has 2 rings (SSSR count). The summed E-state index contributed by atoms with van der Waals surface area (Å²) in [4.78, 5) is 0. The van der Waals surface area contributed by atoms with Crippen molar-refractivity contribution in [3.8, 4) is 5.75 Å². The summed E-state index contributed by atoms with van der Waals surface area (Å²) in [7, 11) is 0. The molecule has 3 heteroatoms.